The van der Waals surface area contributed by atoms with Crippen LogP contribution in [0.15, 0.2) is 23.4 Å². The fourth-order valence-electron chi connectivity index (χ4n) is 1.76. The molecule has 0 atom stereocenters. The number of ether oxygens (including phenoxy) is 2. The van der Waals surface area contributed by atoms with E-state index in [0.29, 0.717) is 23.7 Å². The molecule has 2 rings (SSSR count). The SMILES string of the molecule is CC(C)(C)OC(=O)N1CC(Oc2ccncc2SC#N)C1. The van der Waals surface area contributed by atoms with Crippen molar-refractivity contribution in [3.8, 4) is 11.2 Å². The number of thiocyanates is 1. The van der Waals surface area contributed by atoms with Crippen molar-refractivity contribution in [3.05, 3.63) is 18.5 Å². The fraction of sp³-hybridized carbons (Fsp3) is 0.500. The van der Waals surface area contributed by atoms with Crippen LogP contribution >= 0.6 is 11.8 Å². The topological polar surface area (TPSA) is 75.4 Å². The molecule has 1 aliphatic rings. The Hall–Kier alpha value is -1.94. The standard InChI is InChI=1S/C14H17N3O3S/c1-14(2,3)20-13(18)17-7-10(8-17)19-11-4-5-16-6-12(11)21-9-15/h4-6,10H,7-8H2,1-3H3. The Morgan fingerprint density at radius 3 is 2.86 bits per heavy atom. The van der Waals surface area contributed by atoms with Gasteiger partial charge in [0.05, 0.1) is 18.0 Å². The molecule has 1 amide bonds. The first-order valence-electron chi connectivity index (χ1n) is 6.53. The van der Waals surface area contributed by atoms with Crippen molar-refractivity contribution in [2.45, 2.75) is 37.4 Å². The van der Waals surface area contributed by atoms with E-state index in [-0.39, 0.29) is 12.2 Å². The molecule has 0 aromatic carbocycles. The van der Waals surface area contributed by atoms with Crippen molar-refractivity contribution in [3.63, 3.8) is 0 Å². The van der Waals surface area contributed by atoms with Crippen molar-refractivity contribution in [2.75, 3.05) is 13.1 Å². The smallest absolute Gasteiger partial charge is 0.410 e. The van der Waals surface area contributed by atoms with Gasteiger partial charge in [-0.15, -0.1) is 0 Å². The van der Waals surface area contributed by atoms with E-state index in [2.05, 4.69) is 4.98 Å². The fourth-order valence-corrected chi connectivity index (χ4v) is 2.19. The van der Waals surface area contributed by atoms with Crippen LogP contribution in [-0.2, 0) is 4.74 Å². The van der Waals surface area contributed by atoms with Gasteiger partial charge in [0.25, 0.3) is 0 Å². The van der Waals surface area contributed by atoms with E-state index in [1.54, 1.807) is 23.4 Å². The highest BCUT2D eigenvalue weighted by Crippen LogP contribution is 2.29. The number of hydrogen-bond donors (Lipinski definition) is 0. The number of rotatable bonds is 3. The van der Waals surface area contributed by atoms with Crippen molar-refractivity contribution >= 4 is 17.9 Å². The maximum atomic E-state index is 11.8. The number of pyridine rings is 1. The van der Waals surface area contributed by atoms with Gasteiger partial charge < -0.3 is 14.4 Å². The van der Waals surface area contributed by atoms with Crippen molar-refractivity contribution < 1.29 is 14.3 Å². The maximum Gasteiger partial charge on any atom is 0.410 e. The molecule has 1 aromatic heterocycles. The molecule has 1 fully saturated rings. The molecule has 0 unspecified atom stereocenters. The number of nitrogens with zero attached hydrogens (tertiary/aromatic N) is 3. The average molecular weight is 307 g/mol. The van der Waals surface area contributed by atoms with Crippen LogP contribution in [0.4, 0.5) is 4.79 Å². The zero-order valence-electron chi connectivity index (χ0n) is 12.2. The molecule has 6 nitrogen and oxygen atoms in total. The third-order valence-corrected chi connectivity index (χ3v) is 3.31. The van der Waals surface area contributed by atoms with Gasteiger partial charge in [0.1, 0.15) is 22.9 Å². The molecular formula is C14H17N3O3S. The number of hydrogen-bond acceptors (Lipinski definition) is 6. The number of likely N-dealkylation sites (tertiary alicyclic amines) is 1. The highest BCUT2D eigenvalue weighted by molar-refractivity contribution is 8.03. The summed E-state index contributed by atoms with van der Waals surface area (Å²) in [7, 11) is 0. The molecule has 1 aliphatic heterocycles. The summed E-state index contributed by atoms with van der Waals surface area (Å²) in [5, 5.41) is 10.7. The lowest BCUT2D eigenvalue weighted by molar-refractivity contribution is -0.0228. The predicted octanol–water partition coefficient (Wildman–Crippen LogP) is 2.65. The number of thioether (sulfide) groups is 1. The second-order valence-corrected chi connectivity index (χ2v) is 6.47. The largest absolute Gasteiger partial charge is 0.485 e. The Morgan fingerprint density at radius 1 is 1.52 bits per heavy atom. The molecule has 7 heteroatoms. The van der Waals surface area contributed by atoms with Crippen LogP contribution in [0.5, 0.6) is 5.75 Å². The van der Waals surface area contributed by atoms with E-state index in [4.69, 9.17) is 14.7 Å². The Kier molecular flexibility index (Phi) is 4.58. The first-order valence-corrected chi connectivity index (χ1v) is 7.35. The molecule has 0 bridgehead atoms. The molecule has 0 aliphatic carbocycles. The van der Waals surface area contributed by atoms with E-state index >= 15 is 0 Å². The Labute approximate surface area is 128 Å². The first kappa shape index (κ1) is 15.4. The van der Waals surface area contributed by atoms with E-state index in [0.717, 1.165) is 11.8 Å². The monoisotopic (exact) mass is 307 g/mol. The van der Waals surface area contributed by atoms with Gasteiger partial charge in [0.2, 0.25) is 0 Å². The minimum atomic E-state index is -0.495. The van der Waals surface area contributed by atoms with Gasteiger partial charge in [0.15, 0.2) is 0 Å². The van der Waals surface area contributed by atoms with E-state index in [1.165, 1.54) is 0 Å². The van der Waals surface area contributed by atoms with Gasteiger partial charge in [-0.3, -0.25) is 4.98 Å². The summed E-state index contributed by atoms with van der Waals surface area (Å²) in [6, 6.07) is 1.72. The Morgan fingerprint density at radius 2 is 2.24 bits per heavy atom. The molecule has 0 radical (unpaired) electrons. The first-order chi connectivity index (χ1) is 9.89. The van der Waals surface area contributed by atoms with Crippen molar-refractivity contribution in [2.24, 2.45) is 0 Å². The molecule has 21 heavy (non-hydrogen) atoms. The zero-order chi connectivity index (χ0) is 15.5. The van der Waals surface area contributed by atoms with Crippen LogP contribution in [0.25, 0.3) is 0 Å². The summed E-state index contributed by atoms with van der Waals surface area (Å²) in [6.07, 6.45) is 2.79. The number of nitriles is 1. The van der Waals surface area contributed by atoms with Gasteiger partial charge in [-0.2, -0.15) is 5.26 Å². The van der Waals surface area contributed by atoms with E-state index in [1.807, 2.05) is 26.2 Å². The van der Waals surface area contributed by atoms with Crippen molar-refractivity contribution in [1.82, 2.24) is 9.88 Å². The summed E-state index contributed by atoms with van der Waals surface area (Å²) < 4.78 is 11.1. The Bertz CT molecular complexity index is 559. The number of aromatic nitrogens is 1. The predicted molar refractivity (Wildman–Crippen MR) is 77.9 cm³/mol. The maximum absolute atomic E-state index is 11.8. The molecule has 1 saturated heterocycles. The molecular weight excluding hydrogens is 290 g/mol. The van der Waals surface area contributed by atoms with Crippen molar-refractivity contribution in [1.29, 1.82) is 5.26 Å². The molecule has 2 heterocycles. The molecule has 0 saturated carbocycles. The highest BCUT2D eigenvalue weighted by Gasteiger charge is 2.35. The summed E-state index contributed by atoms with van der Waals surface area (Å²) >= 11 is 1.01. The molecule has 0 N–H and O–H groups in total. The van der Waals surface area contributed by atoms with Gasteiger partial charge in [-0.25, -0.2) is 4.79 Å². The number of carbonyl (C=O) groups excluding carboxylic acids is 1. The Balaban J connectivity index is 1.86. The van der Waals surface area contributed by atoms with Crippen LogP contribution in [0.3, 0.4) is 0 Å². The van der Waals surface area contributed by atoms with Gasteiger partial charge in [-0.05, 0) is 38.6 Å². The van der Waals surface area contributed by atoms with Crippen LogP contribution in [-0.4, -0.2) is 40.8 Å². The molecule has 0 spiro atoms. The van der Waals surface area contributed by atoms with E-state index in [9.17, 15) is 4.79 Å². The van der Waals surface area contributed by atoms with E-state index < -0.39 is 5.60 Å². The minimum absolute atomic E-state index is 0.0852. The van der Waals surface area contributed by atoms with Gasteiger partial charge in [-0.1, -0.05) is 0 Å². The van der Waals surface area contributed by atoms with Gasteiger partial charge in [0, 0.05) is 12.4 Å². The van der Waals surface area contributed by atoms with Crippen LogP contribution in [0, 0.1) is 10.7 Å². The normalized spacial score (nSPS) is 15.0. The second-order valence-electron chi connectivity index (χ2n) is 5.64. The summed E-state index contributed by atoms with van der Waals surface area (Å²) in [5.74, 6) is 0.616. The lowest BCUT2D eigenvalue weighted by Gasteiger charge is -2.39. The van der Waals surface area contributed by atoms with Crippen LogP contribution in [0.1, 0.15) is 20.8 Å². The summed E-state index contributed by atoms with van der Waals surface area (Å²) in [4.78, 5) is 18.0. The summed E-state index contributed by atoms with van der Waals surface area (Å²) in [5.41, 5.74) is -0.495. The summed E-state index contributed by atoms with van der Waals surface area (Å²) in [6.45, 7) is 6.46. The van der Waals surface area contributed by atoms with Crippen LogP contribution in [0.2, 0.25) is 0 Å². The average Bonchev–Trinajstić information content (AvgIpc) is 2.33. The quantitative estimate of drug-likeness (QED) is 0.631. The number of carbonyl (C=O) groups is 1. The zero-order valence-corrected chi connectivity index (χ0v) is 13.0. The highest BCUT2D eigenvalue weighted by atomic mass is 32.2. The molecule has 1 aromatic rings. The minimum Gasteiger partial charge on any atom is -0.485 e. The third-order valence-electron chi connectivity index (χ3n) is 2.70. The van der Waals surface area contributed by atoms with Gasteiger partial charge >= 0.3 is 6.09 Å². The third kappa shape index (κ3) is 4.26. The second kappa shape index (κ2) is 6.22. The lowest BCUT2D eigenvalue weighted by Crippen LogP contribution is -2.57. The number of amides is 1. The lowest BCUT2D eigenvalue weighted by atomic mass is 10.1. The molecule has 112 valence electrons. The van der Waals surface area contributed by atoms with Crippen LogP contribution < -0.4 is 4.74 Å².